The van der Waals surface area contributed by atoms with Crippen molar-refractivity contribution >= 4 is 62.9 Å². The minimum atomic E-state index is -0.751. The Balaban J connectivity index is 1.34. The van der Waals surface area contributed by atoms with E-state index in [-0.39, 0.29) is 17.2 Å². The van der Waals surface area contributed by atoms with Gasteiger partial charge in [-0.3, -0.25) is 14.4 Å². The van der Waals surface area contributed by atoms with Crippen LogP contribution in [-0.4, -0.2) is 17.7 Å². The zero-order valence-electron chi connectivity index (χ0n) is 25.6. The maximum Gasteiger partial charge on any atom is 0.272 e. The Hall–Kier alpha value is -4.99. The molecule has 0 aliphatic heterocycles. The maximum absolute atomic E-state index is 14.3. The molecule has 0 saturated heterocycles. The number of nitrogens with one attached hydrogen (secondary N) is 3. The van der Waals surface area contributed by atoms with E-state index in [4.69, 9.17) is 0 Å². The Morgan fingerprint density at radius 3 is 2.15 bits per heavy atom. The summed E-state index contributed by atoms with van der Waals surface area (Å²) >= 11 is 4.78. The lowest BCUT2D eigenvalue weighted by Crippen LogP contribution is -2.31. The van der Waals surface area contributed by atoms with Gasteiger partial charge >= 0.3 is 0 Å². The number of aryl methyl sites for hydroxylation is 2. The molecule has 236 valence electrons. The highest BCUT2D eigenvalue weighted by Crippen LogP contribution is 2.37. The number of carbonyl (C=O) groups excluding carboxylic acids is 3. The summed E-state index contributed by atoms with van der Waals surface area (Å²) in [5.41, 5.74) is 4.59. The largest absolute Gasteiger partial charge is 0.325 e. The molecule has 3 amide bonds. The van der Waals surface area contributed by atoms with Gasteiger partial charge in [0.05, 0.1) is 5.56 Å². The number of carbonyl (C=O) groups is 3. The number of hydrogen-bond donors (Lipinski definition) is 3. The van der Waals surface area contributed by atoms with Crippen LogP contribution in [0.5, 0.6) is 0 Å². The third-order valence-corrected chi connectivity index (χ3v) is 8.93. The van der Waals surface area contributed by atoms with Crippen molar-refractivity contribution in [1.82, 2.24) is 5.32 Å². The first-order chi connectivity index (χ1) is 22.7. The smallest absolute Gasteiger partial charge is 0.272 e. The van der Waals surface area contributed by atoms with Gasteiger partial charge in [0, 0.05) is 20.7 Å². The molecule has 6 nitrogen and oxygen atoms in total. The fourth-order valence-electron chi connectivity index (χ4n) is 4.72. The van der Waals surface area contributed by atoms with Gasteiger partial charge in [-0.25, -0.2) is 4.39 Å². The molecule has 0 aliphatic rings. The van der Waals surface area contributed by atoms with Crippen LogP contribution in [0.3, 0.4) is 0 Å². The van der Waals surface area contributed by atoms with Crippen molar-refractivity contribution < 1.29 is 18.8 Å². The van der Waals surface area contributed by atoms with Gasteiger partial charge in [0.15, 0.2) is 0 Å². The Bertz CT molecular complexity index is 1930. The molecule has 0 spiro atoms. The van der Waals surface area contributed by atoms with E-state index >= 15 is 0 Å². The molecular formula is C38H31BrFN3O3S. The molecule has 0 radical (unpaired) electrons. The number of halogens is 2. The summed E-state index contributed by atoms with van der Waals surface area (Å²) in [6, 6.07) is 35.2. The molecule has 0 aliphatic carbocycles. The predicted molar refractivity (Wildman–Crippen MR) is 191 cm³/mol. The Morgan fingerprint density at radius 2 is 1.47 bits per heavy atom. The molecule has 5 rings (SSSR count). The third-order valence-electron chi connectivity index (χ3n) is 7.14. The molecule has 5 aromatic rings. The summed E-state index contributed by atoms with van der Waals surface area (Å²) in [4.78, 5) is 40.7. The molecule has 0 aromatic heterocycles. The average Bonchev–Trinajstić information content (AvgIpc) is 3.06. The van der Waals surface area contributed by atoms with Crippen LogP contribution in [0.1, 0.15) is 37.9 Å². The van der Waals surface area contributed by atoms with Crippen molar-refractivity contribution in [3.05, 3.63) is 165 Å². The molecule has 3 N–H and O–H groups in total. The number of hydrogen-bond acceptors (Lipinski definition) is 4. The van der Waals surface area contributed by atoms with Crippen LogP contribution >= 0.6 is 27.7 Å². The standard InChI is InChI=1S/C38H31BrFN3O3S/c1-24-12-21-33(25(2)22-24)42-38(46)35(27-8-4-3-5-9-27)47-30-19-17-29(18-20-30)41-37(45)34(23-26-13-15-28(39)16-14-26)43-36(44)31-10-6-7-11-32(31)40/h3-23,35H,1-2H3,(H,41,45)(H,42,46)(H,43,44). The summed E-state index contributed by atoms with van der Waals surface area (Å²) in [7, 11) is 0. The van der Waals surface area contributed by atoms with Crippen molar-refractivity contribution in [3.8, 4) is 0 Å². The molecule has 0 fully saturated rings. The van der Waals surface area contributed by atoms with Gasteiger partial charge in [-0.05, 0) is 91.2 Å². The Kier molecular flexibility index (Phi) is 11.0. The fourth-order valence-corrected chi connectivity index (χ4v) is 6.01. The monoisotopic (exact) mass is 707 g/mol. The molecule has 0 heterocycles. The van der Waals surface area contributed by atoms with Gasteiger partial charge in [0.1, 0.15) is 16.8 Å². The number of amides is 3. The lowest BCUT2D eigenvalue weighted by atomic mass is 10.1. The van der Waals surface area contributed by atoms with E-state index in [1.807, 2.05) is 74.5 Å². The SMILES string of the molecule is Cc1ccc(NC(=O)C(Sc2ccc(NC(=O)C(=Cc3ccc(Br)cc3)NC(=O)c3ccccc3F)cc2)c2ccccc2)c(C)c1. The molecule has 5 aromatic carbocycles. The van der Waals surface area contributed by atoms with Crippen molar-refractivity contribution in [2.45, 2.75) is 24.0 Å². The topological polar surface area (TPSA) is 87.3 Å². The van der Waals surface area contributed by atoms with E-state index in [0.717, 1.165) is 31.7 Å². The highest BCUT2D eigenvalue weighted by molar-refractivity contribution is 9.10. The molecule has 1 unspecified atom stereocenters. The third kappa shape index (κ3) is 9.06. The van der Waals surface area contributed by atoms with E-state index in [2.05, 4.69) is 31.9 Å². The number of rotatable bonds is 10. The van der Waals surface area contributed by atoms with Gasteiger partial charge < -0.3 is 16.0 Å². The second-order valence-electron chi connectivity index (χ2n) is 10.7. The summed E-state index contributed by atoms with van der Waals surface area (Å²) in [5.74, 6) is -2.19. The van der Waals surface area contributed by atoms with Gasteiger partial charge in [0.2, 0.25) is 5.91 Å². The quantitative estimate of drug-likeness (QED) is 0.0999. The highest BCUT2D eigenvalue weighted by atomic mass is 79.9. The lowest BCUT2D eigenvalue weighted by Gasteiger charge is -2.18. The zero-order chi connectivity index (χ0) is 33.3. The normalized spacial score (nSPS) is 11.8. The minimum Gasteiger partial charge on any atom is -0.325 e. The van der Waals surface area contributed by atoms with Crippen LogP contribution in [0.2, 0.25) is 0 Å². The zero-order valence-corrected chi connectivity index (χ0v) is 28.0. The van der Waals surface area contributed by atoms with E-state index in [0.29, 0.717) is 11.3 Å². The molecule has 0 bridgehead atoms. The van der Waals surface area contributed by atoms with Crippen molar-refractivity contribution in [2.75, 3.05) is 10.6 Å². The fraction of sp³-hybridized carbons (Fsp3) is 0.0789. The van der Waals surface area contributed by atoms with Crippen LogP contribution in [0, 0.1) is 19.7 Å². The van der Waals surface area contributed by atoms with Gasteiger partial charge in [-0.2, -0.15) is 0 Å². The second-order valence-corrected chi connectivity index (χ2v) is 12.8. The maximum atomic E-state index is 14.3. The summed E-state index contributed by atoms with van der Waals surface area (Å²) in [6.07, 6.45) is 1.52. The van der Waals surface area contributed by atoms with Crippen molar-refractivity contribution in [2.24, 2.45) is 0 Å². The number of thioether (sulfide) groups is 1. The van der Waals surface area contributed by atoms with Crippen LogP contribution in [0.15, 0.2) is 136 Å². The minimum absolute atomic E-state index is 0.0637. The van der Waals surface area contributed by atoms with Crippen LogP contribution in [-0.2, 0) is 9.59 Å². The first-order valence-electron chi connectivity index (χ1n) is 14.7. The number of anilines is 2. The first kappa shape index (κ1) is 33.4. The van der Waals surface area contributed by atoms with E-state index < -0.39 is 22.9 Å². The summed E-state index contributed by atoms with van der Waals surface area (Å²) < 4.78 is 15.2. The molecule has 0 saturated carbocycles. The van der Waals surface area contributed by atoms with E-state index in [1.54, 1.807) is 42.5 Å². The van der Waals surface area contributed by atoms with Crippen LogP contribution in [0.4, 0.5) is 15.8 Å². The van der Waals surface area contributed by atoms with Crippen LogP contribution < -0.4 is 16.0 Å². The van der Waals surface area contributed by atoms with E-state index in [1.165, 1.54) is 36.0 Å². The molecular weight excluding hydrogens is 677 g/mol. The summed E-state index contributed by atoms with van der Waals surface area (Å²) in [5, 5.41) is 7.91. The average molecular weight is 709 g/mol. The van der Waals surface area contributed by atoms with Crippen molar-refractivity contribution in [1.29, 1.82) is 0 Å². The van der Waals surface area contributed by atoms with Crippen molar-refractivity contribution in [3.63, 3.8) is 0 Å². The van der Waals surface area contributed by atoms with Gasteiger partial charge in [-0.15, -0.1) is 11.8 Å². The molecule has 47 heavy (non-hydrogen) atoms. The number of benzene rings is 5. The molecule has 1 atom stereocenters. The van der Waals surface area contributed by atoms with E-state index in [9.17, 15) is 18.8 Å². The second kappa shape index (κ2) is 15.5. The lowest BCUT2D eigenvalue weighted by molar-refractivity contribution is -0.116. The van der Waals surface area contributed by atoms with Gasteiger partial charge in [-0.1, -0.05) is 88.2 Å². The van der Waals surface area contributed by atoms with Gasteiger partial charge in [0.25, 0.3) is 11.8 Å². The Morgan fingerprint density at radius 1 is 0.787 bits per heavy atom. The molecule has 9 heteroatoms. The van der Waals surface area contributed by atoms with Crippen LogP contribution in [0.25, 0.3) is 6.08 Å². The first-order valence-corrected chi connectivity index (χ1v) is 16.4. The highest BCUT2D eigenvalue weighted by Gasteiger charge is 2.23. The summed E-state index contributed by atoms with van der Waals surface area (Å²) in [6.45, 7) is 3.97. The Labute approximate surface area is 285 Å². The predicted octanol–water partition coefficient (Wildman–Crippen LogP) is 9.09.